The van der Waals surface area contributed by atoms with Crippen LogP contribution in [0.25, 0.3) is 0 Å². The number of amides is 2. The van der Waals surface area contributed by atoms with Crippen LogP contribution in [0.1, 0.15) is 18.1 Å². The Kier molecular flexibility index (Phi) is 8.63. The number of anilines is 1. The van der Waals surface area contributed by atoms with Crippen molar-refractivity contribution in [3.8, 4) is 17.2 Å². The van der Waals surface area contributed by atoms with E-state index in [4.69, 9.17) is 25.8 Å². The molecule has 8 nitrogen and oxygen atoms in total. The fourth-order valence-electron chi connectivity index (χ4n) is 2.96. The summed E-state index contributed by atoms with van der Waals surface area (Å²) >= 11 is 5.94. The highest BCUT2D eigenvalue weighted by atomic mass is 35.5. The van der Waals surface area contributed by atoms with E-state index in [1.54, 1.807) is 49.4 Å². The Bertz CT molecular complexity index is 1250. The molecule has 0 fully saturated rings. The maximum Gasteiger partial charge on any atom is 0.329 e. The number of methoxy groups -OCH3 is 2. The van der Waals surface area contributed by atoms with E-state index < -0.39 is 11.8 Å². The molecule has 0 saturated heterocycles. The smallest absolute Gasteiger partial charge is 0.329 e. The first-order valence-electron chi connectivity index (χ1n) is 10.4. The number of carbonyl (C=O) groups excluding carboxylic acids is 2. The Balaban J connectivity index is 1.64. The van der Waals surface area contributed by atoms with E-state index in [0.717, 1.165) is 5.56 Å². The van der Waals surface area contributed by atoms with E-state index in [1.807, 2.05) is 0 Å². The summed E-state index contributed by atoms with van der Waals surface area (Å²) in [6.45, 7) is 1.89. The van der Waals surface area contributed by atoms with Crippen LogP contribution in [0.4, 0.5) is 10.1 Å². The zero-order chi connectivity index (χ0) is 25.4. The van der Waals surface area contributed by atoms with E-state index >= 15 is 0 Å². The third kappa shape index (κ3) is 6.94. The predicted octanol–water partition coefficient (Wildman–Crippen LogP) is 4.55. The Hall–Kier alpha value is -4.11. The van der Waals surface area contributed by atoms with Crippen LogP contribution in [-0.2, 0) is 16.2 Å². The summed E-state index contributed by atoms with van der Waals surface area (Å²) < 4.78 is 29.4. The zero-order valence-electron chi connectivity index (χ0n) is 19.2. The normalized spacial score (nSPS) is 10.9. The average molecular weight is 500 g/mol. The van der Waals surface area contributed by atoms with Crippen molar-refractivity contribution in [2.45, 2.75) is 13.5 Å². The van der Waals surface area contributed by atoms with Crippen LogP contribution < -0.4 is 25.0 Å². The summed E-state index contributed by atoms with van der Waals surface area (Å²) in [6, 6.07) is 15.7. The van der Waals surface area contributed by atoms with Crippen LogP contribution in [-0.4, -0.2) is 31.7 Å². The molecule has 2 N–H and O–H groups in total. The monoisotopic (exact) mass is 499 g/mol. The maximum absolute atomic E-state index is 13.1. The molecule has 0 radical (unpaired) electrons. The zero-order valence-corrected chi connectivity index (χ0v) is 20.0. The van der Waals surface area contributed by atoms with Crippen LogP contribution in [0, 0.1) is 5.82 Å². The number of rotatable bonds is 8. The number of nitrogens with zero attached hydrogens (tertiary/aromatic N) is 1. The highest BCUT2D eigenvalue weighted by Crippen LogP contribution is 2.29. The Morgan fingerprint density at radius 2 is 1.60 bits per heavy atom. The molecule has 0 aliphatic carbocycles. The van der Waals surface area contributed by atoms with Gasteiger partial charge in [-0.1, -0.05) is 23.7 Å². The quantitative estimate of drug-likeness (QED) is 0.269. The summed E-state index contributed by atoms with van der Waals surface area (Å²) in [5, 5.41) is 6.80. The molecule has 3 rings (SSSR count). The van der Waals surface area contributed by atoms with E-state index in [-0.39, 0.29) is 18.1 Å². The highest BCUT2D eigenvalue weighted by Gasteiger charge is 2.16. The van der Waals surface area contributed by atoms with Crippen LogP contribution in [0.5, 0.6) is 17.2 Å². The van der Waals surface area contributed by atoms with E-state index in [0.29, 0.717) is 33.5 Å². The molecular weight excluding hydrogens is 477 g/mol. The fraction of sp³-hybridized carbons (Fsp3) is 0.160. The molecule has 10 heteroatoms. The van der Waals surface area contributed by atoms with Crippen LogP contribution in [0.3, 0.4) is 0 Å². The molecule has 2 amide bonds. The largest absolute Gasteiger partial charge is 0.495 e. The van der Waals surface area contributed by atoms with Gasteiger partial charge < -0.3 is 19.5 Å². The van der Waals surface area contributed by atoms with Gasteiger partial charge in [-0.3, -0.25) is 9.59 Å². The van der Waals surface area contributed by atoms with Crippen molar-refractivity contribution < 1.29 is 28.2 Å². The molecule has 3 aromatic rings. The minimum Gasteiger partial charge on any atom is -0.495 e. The third-order valence-corrected chi connectivity index (χ3v) is 5.07. The number of ether oxygens (including phenoxy) is 3. The lowest BCUT2D eigenvalue weighted by Gasteiger charge is -2.12. The first kappa shape index (κ1) is 25.5. The number of halogens is 2. The lowest BCUT2D eigenvalue weighted by Crippen LogP contribution is -2.33. The van der Waals surface area contributed by atoms with Gasteiger partial charge in [0.2, 0.25) is 0 Å². The van der Waals surface area contributed by atoms with Crippen molar-refractivity contribution >= 4 is 34.8 Å². The van der Waals surface area contributed by atoms with Gasteiger partial charge in [0.05, 0.1) is 25.6 Å². The molecule has 0 heterocycles. The van der Waals surface area contributed by atoms with Gasteiger partial charge in [-0.05, 0) is 61.0 Å². The van der Waals surface area contributed by atoms with Gasteiger partial charge in [0, 0.05) is 10.6 Å². The van der Waals surface area contributed by atoms with Crippen molar-refractivity contribution in [1.82, 2.24) is 5.43 Å². The maximum atomic E-state index is 13.1. The van der Waals surface area contributed by atoms with Crippen molar-refractivity contribution in [3.05, 3.63) is 82.6 Å². The van der Waals surface area contributed by atoms with Crippen LogP contribution in [0.15, 0.2) is 65.8 Å². The SMILES string of the molecule is COc1ccc(Cl)cc1NC(=O)C(=O)NN=C(C)c1ccc(OCc2ccc(F)cc2)c(OC)c1. The molecule has 3 aromatic carbocycles. The molecule has 0 spiro atoms. The van der Waals surface area contributed by atoms with Crippen LogP contribution >= 0.6 is 11.6 Å². The molecular formula is C25H23ClFN3O5. The standard InChI is InChI=1S/C25H23ClFN3O5/c1-15(29-30-25(32)24(31)28-20-13-18(26)7-11-21(20)33-2)17-6-10-22(23(12-17)34-3)35-14-16-4-8-19(27)9-5-16/h4-13H,14H2,1-3H3,(H,28,31)(H,30,32). The van der Waals surface area contributed by atoms with Gasteiger partial charge in [0.15, 0.2) is 11.5 Å². The molecule has 35 heavy (non-hydrogen) atoms. The van der Waals surface area contributed by atoms with E-state index in [9.17, 15) is 14.0 Å². The molecule has 0 aliphatic rings. The second-order valence-corrected chi connectivity index (χ2v) is 7.65. The van der Waals surface area contributed by atoms with Crippen molar-refractivity contribution in [3.63, 3.8) is 0 Å². The molecule has 0 atom stereocenters. The third-order valence-electron chi connectivity index (χ3n) is 4.83. The molecule has 0 aromatic heterocycles. The lowest BCUT2D eigenvalue weighted by molar-refractivity contribution is -0.136. The number of hydrogen-bond donors (Lipinski definition) is 2. The van der Waals surface area contributed by atoms with Gasteiger partial charge in [0.25, 0.3) is 0 Å². The molecule has 0 bridgehead atoms. The number of hydrazone groups is 1. The van der Waals surface area contributed by atoms with Crippen molar-refractivity contribution in [2.75, 3.05) is 19.5 Å². The van der Waals surface area contributed by atoms with Gasteiger partial charge in [0.1, 0.15) is 18.2 Å². The van der Waals surface area contributed by atoms with Gasteiger partial charge in [-0.25, -0.2) is 9.82 Å². The summed E-state index contributed by atoms with van der Waals surface area (Å²) in [7, 11) is 2.92. The summed E-state index contributed by atoms with van der Waals surface area (Å²) in [4.78, 5) is 24.5. The molecule has 0 aliphatic heterocycles. The second kappa shape index (κ2) is 11.8. The van der Waals surface area contributed by atoms with E-state index in [2.05, 4.69) is 15.8 Å². The summed E-state index contributed by atoms with van der Waals surface area (Å²) in [6.07, 6.45) is 0. The highest BCUT2D eigenvalue weighted by molar-refractivity contribution is 6.40. The van der Waals surface area contributed by atoms with Crippen LogP contribution in [0.2, 0.25) is 5.02 Å². The minimum absolute atomic E-state index is 0.228. The summed E-state index contributed by atoms with van der Waals surface area (Å²) in [5.41, 5.74) is 4.32. The average Bonchev–Trinajstić information content (AvgIpc) is 2.86. The molecule has 182 valence electrons. The topological polar surface area (TPSA) is 98.2 Å². The van der Waals surface area contributed by atoms with Crippen molar-refractivity contribution in [2.24, 2.45) is 5.10 Å². The Morgan fingerprint density at radius 1 is 0.914 bits per heavy atom. The minimum atomic E-state index is -0.974. The van der Waals surface area contributed by atoms with E-state index in [1.165, 1.54) is 32.4 Å². The number of nitrogens with one attached hydrogen (secondary N) is 2. The lowest BCUT2D eigenvalue weighted by atomic mass is 10.1. The van der Waals surface area contributed by atoms with Gasteiger partial charge in [-0.15, -0.1) is 0 Å². The number of hydrogen-bond acceptors (Lipinski definition) is 6. The Labute approximate surface area is 206 Å². The second-order valence-electron chi connectivity index (χ2n) is 7.22. The molecule has 0 unspecified atom stereocenters. The Morgan fingerprint density at radius 3 is 2.29 bits per heavy atom. The summed E-state index contributed by atoms with van der Waals surface area (Å²) in [5.74, 6) is -0.964. The predicted molar refractivity (Wildman–Crippen MR) is 131 cm³/mol. The number of benzene rings is 3. The van der Waals surface area contributed by atoms with Gasteiger partial charge in [-0.2, -0.15) is 5.10 Å². The van der Waals surface area contributed by atoms with Crippen molar-refractivity contribution in [1.29, 1.82) is 0 Å². The first-order valence-corrected chi connectivity index (χ1v) is 10.7. The number of carbonyl (C=O) groups is 2. The molecule has 0 saturated carbocycles. The van der Waals surface area contributed by atoms with Gasteiger partial charge >= 0.3 is 11.8 Å². The first-order chi connectivity index (χ1) is 16.8. The fourth-order valence-corrected chi connectivity index (χ4v) is 3.13.